The minimum atomic E-state index is -1.31. The van der Waals surface area contributed by atoms with Gasteiger partial charge in [-0.05, 0) is 23.3 Å². The van der Waals surface area contributed by atoms with E-state index in [9.17, 15) is 9.90 Å². The third-order valence-corrected chi connectivity index (χ3v) is 5.75. The number of hydrogen-bond acceptors (Lipinski definition) is 6. The van der Waals surface area contributed by atoms with Crippen LogP contribution in [0.3, 0.4) is 0 Å². The molecule has 2 aromatic carbocycles. The highest BCUT2D eigenvalue weighted by Crippen LogP contribution is 2.43. The lowest BCUT2D eigenvalue weighted by molar-refractivity contribution is -0.144. The first-order valence-corrected chi connectivity index (χ1v) is 10.4. The fourth-order valence-corrected chi connectivity index (χ4v) is 4.28. The maximum atomic E-state index is 13.1. The van der Waals surface area contributed by atoms with E-state index in [4.69, 9.17) is 0 Å². The van der Waals surface area contributed by atoms with Crippen LogP contribution in [0.2, 0.25) is 0 Å². The minimum Gasteiger partial charge on any atom is -0.479 e. The molecule has 0 fully saturated rings. The molecule has 4 rings (SSSR count). The first kappa shape index (κ1) is 20.0. The van der Waals surface area contributed by atoms with Crippen LogP contribution in [-0.2, 0) is 16.9 Å². The van der Waals surface area contributed by atoms with Gasteiger partial charge in [-0.25, -0.2) is 10.2 Å². The number of carbonyl (C=O) groups is 1. The molecule has 8 heteroatoms. The van der Waals surface area contributed by atoms with E-state index >= 15 is 0 Å². The summed E-state index contributed by atoms with van der Waals surface area (Å²) < 4.78 is 0. The second-order valence-corrected chi connectivity index (χ2v) is 7.56. The maximum Gasteiger partial charge on any atom is 0.335 e. The molecule has 0 spiro atoms. The molecule has 0 saturated carbocycles. The highest BCUT2D eigenvalue weighted by Gasteiger charge is 2.49. The van der Waals surface area contributed by atoms with Crippen LogP contribution in [0.4, 0.5) is 5.69 Å². The molecule has 8 nitrogen and oxygen atoms in total. The van der Waals surface area contributed by atoms with Gasteiger partial charge in [0.2, 0.25) is 5.82 Å². The quantitative estimate of drug-likeness (QED) is 0.466. The second kappa shape index (κ2) is 8.62. The van der Waals surface area contributed by atoms with Crippen LogP contribution < -0.4 is 10.4 Å². The number of hydrazine groups is 1. The number of benzene rings is 2. The smallest absolute Gasteiger partial charge is 0.335 e. The average molecular weight is 406 g/mol. The molecule has 156 valence electrons. The van der Waals surface area contributed by atoms with Gasteiger partial charge < -0.3 is 5.11 Å². The van der Waals surface area contributed by atoms with Crippen molar-refractivity contribution in [3.63, 3.8) is 0 Å². The van der Waals surface area contributed by atoms with Gasteiger partial charge in [-0.2, -0.15) is 5.21 Å². The summed E-state index contributed by atoms with van der Waals surface area (Å²) in [4.78, 5) is 13.1. The zero-order chi connectivity index (χ0) is 21.0. The van der Waals surface area contributed by atoms with E-state index in [-0.39, 0.29) is 0 Å². The number of H-pyrrole nitrogens is 1. The van der Waals surface area contributed by atoms with E-state index in [1.165, 1.54) is 0 Å². The summed E-state index contributed by atoms with van der Waals surface area (Å²) in [5, 5.41) is 26.9. The van der Waals surface area contributed by atoms with E-state index in [1.54, 1.807) is 0 Å². The molecule has 0 radical (unpaired) electrons. The van der Waals surface area contributed by atoms with Gasteiger partial charge in [0.15, 0.2) is 5.54 Å². The van der Waals surface area contributed by atoms with Gasteiger partial charge in [0.1, 0.15) is 0 Å². The average Bonchev–Trinajstić information content (AvgIpc) is 3.45. The first-order valence-electron chi connectivity index (χ1n) is 10.4. The van der Waals surface area contributed by atoms with Crippen LogP contribution in [-0.4, -0.2) is 31.7 Å². The number of fused-ring (bicyclic) bond motifs is 1. The number of aromatic nitrogens is 4. The molecule has 0 aliphatic carbocycles. The molecule has 1 unspecified atom stereocenters. The first-order chi connectivity index (χ1) is 14.7. The minimum absolute atomic E-state index is 0.386. The van der Waals surface area contributed by atoms with Crippen LogP contribution in [0, 0.1) is 0 Å². The highest BCUT2D eigenvalue weighted by molar-refractivity contribution is 5.89. The van der Waals surface area contributed by atoms with Gasteiger partial charge in [0, 0.05) is 17.7 Å². The molecular formula is C22H26N6O2. The Balaban J connectivity index is 1.88. The summed E-state index contributed by atoms with van der Waals surface area (Å²) in [6.45, 7) is 2.73. The van der Waals surface area contributed by atoms with Crippen molar-refractivity contribution in [2.45, 2.75) is 51.1 Å². The van der Waals surface area contributed by atoms with Crippen molar-refractivity contribution in [3.8, 4) is 11.4 Å². The van der Waals surface area contributed by atoms with E-state index in [0.717, 1.165) is 36.9 Å². The maximum absolute atomic E-state index is 13.1. The molecule has 1 aromatic heterocycles. The summed E-state index contributed by atoms with van der Waals surface area (Å²) in [6.07, 6.45) is 4.39. The number of hydrogen-bond donors (Lipinski definition) is 3. The summed E-state index contributed by atoms with van der Waals surface area (Å²) in [5.74, 6) is -0.517. The standard InChI is InChI=1S/C22H26N6O2/c1-2-3-4-9-14-22(21(29)30,28-19-13-8-5-10-16(19)15-23-28)18-12-7-6-11-17(18)20-24-26-27-25-20/h5-8,10-13,23H,2-4,9,14-15H2,1H3,(H,29,30)(H,24,25,26,27). The number of carboxylic acids is 1. The Bertz CT molecular complexity index is 1010. The van der Waals surface area contributed by atoms with Crippen molar-refractivity contribution < 1.29 is 9.90 Å². The third kappa shape index (κ3) is 3.43. The lowest BCUT2D eigenvalue weighted by Crippen LogP contribution is -2.56. The number of tetrazole rings is 1. The number of anilines is 1. The Hall–Kier alpha value is -3.26. The molecule has 3 aromatic rings. The largest absolute Gasteiger partial charge is 0.479 e. The SMILES string of the molecule is CCCCCCC(C(=O)O)(c1ccccc1-c1nn[nH]n1)N1NCc2ccccc21. The summed E-state index contributed by atoms with van der Waals surface area (Å²) >= 11 is 0. The van der Waals surface area contributed by atoms with Gasteiger partial charge in [-0.15, -0.1) is 10.2 Å². The number of para-hydroxylation sites is 1. The summed E-state index contributed by atoms with van der Waals surface area (Å²) in [7, 11) is 0. The highest BCUT2D eigenvalue weighted by atomic mass is 16.4. The Labute approximate surface area is 175 Å². The second-order valence-electron chi connectivity index (χ2n) is 7.56. The normalized spacial score (nSPS) is 15.0. The fourth-order valence-electron chi connectivity index (χ4n) is 4.28. The molecule has 30 heavy (non-hydrogen) atoms. The number of carboxylic acid groups (broad SMARTS) is 1. The van der Waals surface area contributed by atoms with Gasteiger partial charge in [-0.1, -0.05) is 75.1 Å². The number of nitrogens with one attached hydrogen (secondary N) is 2. The molecule has 1 atom stereocenters. The Kier molecular flexibility index (Phi) is 5.76. The predicted octanol–water partition coefficient (Wildman–Crippen LogP) is 3.64. The van der Waals surface area contributed by atoms with Crippen LogP contribution in [0.15, 0.2) is 48.5 Å². The van der Waals surface area contributed by atoms with E-state index in [1.807, 2.05) is 53.5 Å². The third-order valence-electron chi connectivity index (χ3n) is 5.75. The molecule has 3 N–H and O–H groups in total. The van der Waals surface area contributed by atoms with E-state index < -0.39 is 11.5 Å². The molecule has 1 aliphatic heterocycles. The number of aromatic amines is 1. The zero-order valence-electron chi connectivity index (χ0n) is 17.0. The molecular weight excluding hydrogens is 380 g/mol. The number of nitrogens with zero attached hydrogens (tertiary/aromatic N) is 4. The van der Waals surface area contributed by atoms with E-state index in [0.29, 0.717) is 29.9 Å². The predicted molar refractivity (Wildman–Crippen MR) is 113 cm³/mol. The number of rotatable bonds is 9. The fraction of sp³-hybridized carbons (Fsp3) is 0.364. The Morgan fingerprint density at radius 2 is 1.93 bits per heavy atom. The molecule has 0 saturated heterocycles. The lowest BCUT2D eigenvalue weighted by atomic mass is 9.80. The van der Waals surface area contributed by atoms with Crippen molar-refractivity contribution in [3.05, 3.63) is 59.7 Å². The lowest BCUT2D eigenvalue weighted by Gasteiger charge is -2.41. The van der Waals surface area contributed by atoms with Crippen molar-refractivity contribution in [1.82, 2.24) is 26.0 Å². The molecule has 1 aliphatic rings. The van der Waals surface area contributed by atoms with Crippen LogP contribution in [0.25, 0.3) is 11.4 Å². The van der Waals surface area contributed by atoms with Gasteiger partial charge in [0.25, 0.3) is 0 Å². The number of aliphatic carboxylic acids is 1. The van der Waals surface area contributed by atoms with Crippen molar-refractivity contribution >= 4 is 11.7 Å². The zero-order valence-corrected chi connectivity index (χ0v) is 17.0. The Morgan fingerprint density at radius 3 is 2.70 bits per heavy atom. The van der Waals surface area contributed by atoms with Crippen LogP contribution >= 0.6 is 0 Å². The Morgan fingerprint density at radius 1 is 1.13 bits per heavy atom. The van der Waals surface area contributed by atoms with Crippen molar-refractivity contribution in [2.75, 3.05) is 5.01 Å². The van der Waals surface area contributed by atoms with Gasteiger partial charge in [0.05, 0.1) is 5.69 Å². The molecule has 2 heterocycles. The van der Waals surface area contributed by atoms with Crippen molar-refractivity contribution in [1.29, 1.82) is 0 Å². The van der Waals surface area contributed by atoms with Crippen LogP contribution in [0.5, 0.6) is 0 Å². The number of unbranched alkanes of at least 4 members (excludes halogenated alkanes) is 3. The monoisotopic (exact) mass is 406 g/mol. The van der Waals surface area contributed by atoms with Crippen LogP contribution in [0.1, 0.15) is 50.2 Å². The summed E-state index contributed by atoms with van der Waals surface area (Å²) in [6, 6.07) is 15.4. The van der Waals surface area contributed by atoms with Gasteiger partial charge in [-0.3, -0.25) is 5.01 Å². The molecule has 0 amide bonds. The topological polar surface area (TPSA) is 107 Å². The van der Waals surface area contributed by atoms with E-state index in [2.05, 4.69) is 33.0 Å². The molecule has 0 bridgehead atoms. The van der Waals surface area contributed by atoms with Gasteiger partial charge >= 0.3 is 5.97 Å². The summed E-state index contributed by atoms with van der Waals surface area (Å²) in [5.41, 5.74) is 5.32. The van der Waals surface area contributed by atoms with Crippen molar-refractivity contribution in [2.24, 2.45) is 0 Å².